The van der Waals surface area contributed by atoms with Crippen LogP contribution in [0.25, 0.3) is 0 Å². The molecule has 0 aliphatic heterocycles. The van der Waals surface area contributed by atoms with E-state index in [1.54, 1.807) is 11.1 Å². The summed E-state index contributed by atoms with van der Waals surface area (Å²) in [6.45, 7) is 2.27. The van der Waals surface area contributed by atoms with Crippen molar-refractivity contribution in [3.63, 3.8) is 0 Å². The fourth-order valence-electron chi connectivity index (χ4n) is 2.79. The van der Waals surface area contributed by atoms with Gasteiger partial charge in [-0.25, -0.2) is 0 Å². The number of aryl methyl sites for hydroxylation is 2. The van der Waals surface area contributed by atoms with Crippen LogP contribution in [0.15, 0.2) is 24.3 Å². The highest BCUT2D eigenvalue weighted by atomic mass is 79.9. The van der Waals surface area contributed by atoms with Gasteiger partial charge in [-0.1, -0.05) is 92.1 Å². The molecule has 0 aliphatic carbocycles. The molecule has 1 rings (SSSR count). The van der Waals surface area contributed by atoms with Gasteiger partial charge in [0.05, 0.1) is 0 Å². The molecule has 0 saturated carbocycles. The van der Waals surface area contributed by atoms with Gasteiger partial charge in [0, 0.05) is 5.33 Å². The molecule has 0 atom stereocenters. The number of halogens is 1. The van der Waals surface area contributed by atoms with E-state index in [0.717, 1.165) is 0 Å². The van der Waals surface area contributed by atoms with Crippen molar-refractivity contribution in [1.82, 2.24) is 0 Å². The molecule has 20 heavy (non-hydrogen) atoms. The average molecular weight is 339 g/mol. The normalized spacial score (nSPS) is 10.9. The summed E-state index contributed by atoms with van der Waals surface area (Å²) >= 11 is 3.49. The highest BCUT2D eigenvalue weighted by molar-refractivity contribution is 9.09. The zero-order valence-electron chi connectivity index (χ0n) is 13.2. The smallest absolute Gasteiger partial charge is 0.00313 e. The topological polar surface area (TPSA) is 0 Å². The molecule has 0 aromatic heterocycles. The molecular formula is C19H31Br. The average Bonchev–Trinajstić information content (AvgIpc) is 2.47. The van der Waals surface area contributed by atoms with Gasteiger partial charge in [-0.15, -0.1) is 0 Å². The summed E-state index contributed by atoms with van der Waals surface area (Å²) in [7, 11) is 0. The van der Waals surface area contributed by atoms with Crippen molar-refractivity contribution in [1.29, 1.82) is 0 Å². The van der Waals surface area contributed by atoms with Crippen LogP contribution in [0.4, 0.5) is 0 Å². The fourth-order valence-corrected chi connectivity index (χ4v) is 3.18. The highest BCUT2D eigenvalue weighted by Crippen LogP contribution is 2.16. The first-order valence-electron chi connectivity index (χ1n) is 8.51. The molecular weight excluding hydrogens is 308 g/mol. The van der Waals surface area contributed by atoms with Gasteiger partial charge in [-0.3, -0.25) is 0 Å². The first-order chi connectivity index (χ1) is 9.88. The van der Waals surface area contributed by atoms with Crippen LogP contribution in [0, 0.1) is 0 Å². The maximum absolute atomic E-state index is 3.49. The van der Waals surface area contributed by atoms with E-state index in [2.05, 4.69) is 47.1 Å². The van der Waals surface area contributed by atoms with Gasteiger partial charge >= 0.3 is 0 Å². The van der Waals surface area contributed by atoms with Crippen molar-refractivity contribution < 1.29 is 0 Å². The van der Waals surface area contributed by atoms with Crippen LogP contribution >= 0.6 is 15.9 Å². The molecule has 1 aromatic rings. The SMILES string of the molecule is CCCc1ccccc1CCCCCCCCCCBr. The van der Waals surface area contributed by atoms with E-state index >= 15 is 0 Å². The summed E-state index contributed by atoms with van der Waals surface area (Å²) in [5, 5.41) is 1.17. The molecule has 0 aliphatic rings. The Labute approximate surface area is 134 Å². The molecule has 0 nitrogen and oxygen atoms in total. The van der Waals surface area contributed by atoms with E-state index in [4.69, 9.17) is 0 Å². The summed E-state index contributed by atoms with van der Waals surface area (Å²) in [6, 6.07) is 9.01. The van der Waals surface area contributed by atoms with Crippen molar-refractivity contribution in [2.75, 3.05) is 5.33 Å². The minimum Gasteiger partial charge on any atom is -0.0928 e. The number of hydrogen-bond donors (Lipinski definition) is 0. The van der Waals surface area contributed by atoms with Gasteiger partial charge in [0.25, 0.3) is 0 Å². The summed E-state index contributed by atoms with van der Waals surface area (Å²) in [6.07, 6.45) is 15.0. The zero-order chi connectivity index (χ0) is 14.5. The molecule has 0 amide bonds. The third-order valence-corrected chi connectivity index (χ3v) is 4.53. The zero-order valence-corrected chi connectivity index (χ0v) is 14.8. The van der Waals surface area contributed by atoms with Crippen molar-refractivity contribution in [3.05, 3.63) is 35.4 Å². The van der Waals surface area contributed by atoms with E-state index in [0.29, 0.717) is 0 Å². The summed E-state index contributed by atoms with van der Waals surface area (Å²) in [5.74, 6) is 0. The van der Waals surface area contributed by atoms with Gasteiger partial charge in [0.15, 0.2) is 0 Å². The second kappa shape index (κ2) is 12.4. The molecule has 0 bridgehead atoms. The summed E-state index contributed by atoms with van der Waals surface area (Å²) in [5.41, 5.74) is 3.16. The first-order valence-corrected chi connectivity index (χ1v) is 9.63. The fraction of sp³-hybridized carbons (Fsp3) is 0.684. The number of rotatable bonds is 12. The Hall–Kier alpha value is -0.300. The molecule has 0 radical (unpaired) electrons. The maximum Gasteiger partial charge on any atom is 0.00313 e. The van der Waals surface area contributed by atoms with Crippen LogP contribution in [-0.2, 0) is 12.8 Å². The lowest BCUT2D eigenvalue weighted by molar-refractivity contribution is 0.576. The van der Waals surface area contributed by atoms with E-state index < -0.39 is 0 Å². The largest absolute Gasteiger partial charge is 0.0928 e. The third kappa shape index (κ3) is 8.09. The van der Waals surface area contributed by atoms with Crippen molar-refractivity contribution in [3.8, 4) is 0 Å². The predicted molar refractivity (Wildman–Crippen MR) is 94.9 cm³/mol. The molecule has 114 valence electrons. The van der Waals surface area contributed by atoms with Crippen LogP contribution in [0.2, 0.25) is 0 Å². The summed E-state index contributed by atoms with van der Waals surface area (Å²) < 4.78 is 0. The third-order valence-electron chi connectivity index (χ3n) is 3.97. The molecule has 0 N–H and O–H groups in total. The molecule has 0 unspecified atom stereocenters. The van der Waals surface area contributed by atoms with E-state index in [-0.39, 0.29) is 0 Å². The number of benzene rings is 1. The van der Waals surface area contributed by atoms with Gasteiger partial charge in [0.2, 0.25) is 0 Å². The lowest BCUT2D eigenvalue weighted by Gasteiger charge is -2.08. The molecule has 0 heterocycles. The molecule has 1 aromatic carbocycles. The second-order valence-corrected chi connectivity index (χ2v) is 6.58. The minimum atomic E-state index is 1.17. The van der Waals surface area contributed by atoms with Crippen molar-refractivity contribution in [2.24, 2.45) is 0 Å². The van der Waals surface area contributed by atoms with Crippen LogP contribution in [0.3, 0.4) is 0 Å². The molecule has 0 saturated heterocycles. The van der Waals surface area contributed by atoms with Crippen LogP contribution in [0.5, 0.6) is 0 Å². The molecule has 0 spiro atoms. The first kappa shape index (κ1) is 17.8. The van der Waals surface area contributed by atoms with Crippen LogP contribution in [0.1, 0.15) is 75.8 Å². The minimum absolute atomic E-state index is 1.17. The predicted octanol–water partition coefficient (Wildman–Crippen LogP) is 6.70. The van der Waals surface area contributed by atoms with Gasteiger partial charge in [0.1, 0.15) is 0 Å². The second-order valence-electron chi connectivity index (χ2n) is 5.79. The van der Waals surface area contributed by atoms with Crippen LogP contribution in [-0.4, -0.2) is 5.33 Å². The molecule has 1 heteroatoms. The Bertz CT molecular complexity index is 332. The Morgan fingerprint density at radius 3 is 1.75 bits per heavy atom. The highest BCUT2D eigenvalue weighted by Gasteiger charge is 2.00. The number of alkyl halides is 1. The Balaban J connectivity index is 2.06. The standard InChI is InChI=1S/C19H31Br/c1-2-13-18-15-10-11-16-19(18)14-9-7-5-3-4-6-8-12-17-20/h10-11,15-16H,2-9,12-14,17H2,1H3. The molecule has 0 fully saturated rings. The monoisotopic (exact) mass is 338 g/mol. The van der Waals surface area contributed by atoms with Gasteiger partial charge in [-0.05, 0) is 36.8 Å². The Morgan fingerprint density at radius 2 is 1.20 bits per heavy atom. The maximum atomic E-state index is 3.49. The quantitative estimate of drug-likeness (QED) is 0.294. The Morgan fingerprint density at radius 1 is 0.700 bits per heavy atom. The van der Waals surface area contributed by atoms with Gasteiger partial charge in [-0.2, -0.15) is 0 Å². The van der Waals surface area contributed by atoms with E-state index in [9.17, 15) is 0 Å². The van der Waals surface area contributed by atoms with Crippen molar-refractivity contribution in [2.45, 2.75) is 77.6 Å². The summed E-state index contributed by atoms with van der Waals surface area (Å²) in [4.78, 5) is 0. The number of unbranched alkanes of at least 4 members (excludes halogenated alkanes) is 7. The van der Waals surface area contributed by atoms with E-state index in [1.165, 1.54) is 76.0 Å². The number of hydrogen-bond acceptors (Lipinski definition) is 0. The lowest BCUT2D eigenvalue weighted by Crippen LogP contribution is -1.94. The van der Waals surface area contributed by atoms with Crippen LogP contribution < -0.4 is 0 Å². The Kier molecular flexibility index (Phi) is 11.0. The lowest BCUT2D eigenvalue weighted by atomic mass is 9.98. The van der Waals surface area contributed by atoms with E-state index in [1.807, 2.05) is 0 Å². The van der Waals surface area contributed by atoms with Gasteiger partial charge < -0.3 is 0 Å². The van der Waals surface area contributed by atoms with Crippen molar-refractivity contribution >= 4 is 15.9 Å².